The Balaban J connectivity index is 2.04. The Morgan fingerprint density at radius 2 is 1.66 bits per heavy atom. The first-order valence-electron chi connectivity index (χ1n) is 10.1. The van der Waals surface area contributed by atoms with E-state index in [1.54, 1.807) is 0 Å². The molecule has 0 saturated carbocycles. The van der Waals surface area contributed by atoms with Gasteiger partial charge in [-0.15, -0.1) is 0 Å². The van der Waals surface area contributed by atoms with Gasteiger partial charge in [0.1, 0.15) is 5.76 Å². The standard InChI is InChI=1S/C25H27ClO3/c1-15(2)12-24(28)29-23-7-5-6-22(27)25(23)21-14-16(3)20(13-17(21)4)18-8-10-19(26)11-9-18/h8-11,13-15H,5-7,12H2,1-4H3. The number of hydrogen-bond donors (Lipinski definition) is 0. The van der Waals surface area contributed by atoms with Gasteiger partial charge < -0.3 is 4.74 Å². The molecule has 2 aromatic rings. The summed E-state index contributed by atoms with van der Waals surface area (Å²) in [5.41, 5.74) is 5.66. The molecular weight excluding hydrogens is 384 g/mol. The lowest BCUT2D eigenvalue weighted by Crippen LogP contribution is -2.17. The Kier molecular flexibility index (Phi) is 6.59. The number of ether oxygens (including phenoxy) is 1. The van der Waals surface area contributed by atoms with Gasteiger partial charge in [-0.05, 0) is 66.1 Å². The summed E-state index contributed by atoms with van der Waals surface area (Å²) in [6.07, 6.45) is 2.16. The van der Waals surface area contributed by atoms with Gasteiger partial charge >= 0.3 is 5.97 Å². The first-order valence-corrected chi connectivity index (χ1v) is 10.5. The molecule has 1 aliphatic rings. The summed E-state index contributed by atoms with van der Waals surface area (Å²) in [6, 6.07) is 11.9. The molecule has 1 aliphatic carbocycles. The van der Waals surface area contributed by atoms with Gasteiger partial charge in [0, 0.05) is 24.3 Å². The zero-order chi connectivity index (χ0) is 21.1. The fourth-order valence-corrected chi connectivity index (χ4v) is 3.88. The lowest BCUT2D eigenvalue weighted by molar-refractivity contribution is -0.140. The van der Waals surface area contributed by atoms with Crippen LogP contribution in [0.15, 0.2) is 42.2 Å². The highest BCUT2D eigenvalue weighted by Gasteiger charge is 2.27. The molecular formula is C25H27ClO3. The Labute approximate surface area is 177 Å². The van der Waals surface area contributed by atoms with Crippen LogP contribution in [-0.4, -0.2) is 11.8 Å². The molecule has 0 N–H and O–H groups in total. The van der Waals surface area contributed by atoms with Crippen LogP contribution < -0.4 is 0 Å². The summed E-state index contributed by atoms with van der Waals surface area (Å²) in [7, 11) is 0. The summed E-state index contributed by atoms with van der Waals surface area (Å²) in [5.74, 6) is 0.516. The highest BCUT2D eigenvalue weighted by Crippen LogP contribution is 2.36. The number of aryl methyl sites for hydroxylation is 2. The van der Waals surface area contributed by atoms with Crippen LogP contribution in [0.4, 0.5) is 0 Å². The van der Waals surface area contributed by atoms with Gasteiger partial charge in [-0.25, -0.2) is 0 Å². The Morgan fingerprint density at radius 1 is 1.03 bits per heavy atom. The van der Waals surface area contributed by atoms with Gasteiger partial charge in [-0.1, -0.05) is 49.7 Å². The van der Waals surface area contributed by atoms with Crippen LogP contribution in [0.5, 0.6) is 0 Å². The van der Waals surface area contributed by atoms with Crippen LogP contribution in [0.1, 0.15) is 56.2 Å². The fraction of sp³-hybridized carbons (Fsp3) is 0.360. The van der Waals surface area contributed by atoms with E-state index in [1.165, 1.54) is 0 Å². The van der Waals surface area contributed by atoms with Crippen LogP contribution in [0, 0.1) is 19.8 Å². The molecule has 0 saturated heterocycles. The third kappa shape index (κ3) is 4.97. The molecule has 0 aromatic heterocycles. The van der Waals surface area contributed by atoms with Crippen molar-refractivity contribution in [2.75, 3.05) is 0 Å². The van der Waals surface area contributed by atoms with Crippen LogP contribution in [0.2, 0.25) is 5.02 Å². The molecule has 0 heterocycles. The lowest BCUT2D eigenvalue weighted by Gasteiger charge is -2.22. The van der Waals surface area contributed by atoms with E-state index < -0.39 is 0 Å². The Morgan fingerprint density at radius 3 is 2.31 bits per heavy atom. The number of ketones is 1. The average Bonchev–Trinajstić information content (AvgIpc) is 2.64. The second-order valence-electron chi connectivity index (χ2n) is 8.14. The van der Waals surface area contributed by atoms with Gasteiger partial charge in [0.2, 0.25) is 0 Å². The lowest BCUT2D eigenvalue weighted by atomic mass is 9.86. The number of hydrogen-bond acceptors (Lipinski definition) is 3. The van der Waals surface area contributed by atoms with Crippen molar-refractivity contribution in [2.24, 2.45) is 5.92 Å². The monoisotopic (exact) mass is 410 g/mol. The van der Waals surface area contributed by atoms with Crippen LogP contribution in [0.3, 0.4) is 0 Å². The van der Waals surface area contributed by atoms with Crippen molar-refractivity contribution >= 4 is 28.9 Å². The van der Waals surface area contributed by atoms with Crippen molar-refractivity contribution in [3.63, 3.8) is 0 Å². The van der Waals surface area contributed by atoms with Gasteiger partial charge in [0.15, 0.2) is 5.78 Å². The second kappa shape index (κ2) is 8.96. The van der Waals surface area contributed by atoms with Crippen LogP contribution in [0.25, 0.3) is 16.7 Å². The van der Waals surface area contributed by atoms with E-state index in [9.17, 15) is 9.59 Å². The molecule has 152 valence electrons. The SMILES string of the molecule is Cc1cc(-c2ccc(Cl)cc2)c(C)cc1C1=C(OC(=O)CC(C)C)CCCC1=O. The van der Waals surface area contributed by atoms with Crippen molar-refractivity contribution in [3.8, 4) is 11.1 Å². The maximum Gasteiger partial charge on any atom is 0.311 e. The van der Waals surface area contributed by atoms with Crippen LogP contribution in [-0.2, 0) is 14.3 Å². The predicted octanol–water partition coefficient (Wildman–Crippen LogP) is 6.68. The van der Waals surface area contributed by atoms with E-state index in [-0.39, 0.29) is 17.7 Å². The Hall–Kier alpha value is -2.39. The fourth-order valence-electron chi connectivity index (χ4n) is 3.76. The molecule has 0 amide bonds. The third-order valence-corrected chi connectivity index (χ3v) is 5.43. The molecule has 2 aromatic carbocycles. The normalized spacial score (nSPS) is 14.5. The first kappa shape index (κ1) is 21.3. The van der Waals surface area contributed by atoms with Crippen molar-refractivity contribution in [1.29, 1.82) is 0 Å². The molecule has 0 atom stereocenters. The van der Waals surface area contributed by atoms with E-state index in [1.807, 2.05) is 58.0 Å². The predicted molar refractivity (Wildman–Crippen MR) is 118 cm³/mol. The van der Waals surface area contributed by atoms with Crippen molar-refractivity contribution in [2.45, 2.75) is 53.4 Å². The molecule has 3 nitrogen and oxygen atoms in total. The minimum absolute atomic E-state index is 0.0466. The molecule has 29 heavy (non-hydrogen) atoms. The number of esters is 1. The van der Waals surface area contributed by atoms with Gasteiger partial charge in [-0.3, -0.25) is 9.59 Å². The van der Waals surface area contributed by atoms with Crippen molar-refractivity contribution in [1.82, 2.24) is 0 Å². The molecule has 3 rings (SSSR count). The molecule has 0 radical (unpaired) electrons. The van der Waals surface area contributed by atoms with E-state index in [0.717, 1.165) is 27.8 Å². The number of halogens is 1. The van der Waals surface area contributed by atoms with Crippen LogP contribution >= 0.6 is 11.6 Å². The molecule has 0 aliphatic heterocycles. The minimum Gasteiger partial charge on any atom is -0.430 e. The van der Waals surface area contributed by atoms with Crippen molar-refractivity contribution in [3.05, 3.63) is 63.9 Å². The van der Waals surface area contributed by atoms with Crippen molar-refractivity contribution < 1.29 is 14.3 Å². The maximum absolute atomic E-state index is 12.8. The number of rotatable bonds is 5. The zero-order valence-corrected chi connectivity index (χ0v) is 18.2. The number of carbonyl (C=O) groups is 2. The zero-order valence-electron chi connectivity index (χ0n) is 17.5. The van der Waals surface area contributed by atoms with Gasteiger partial charge in [0.25, 0.3) is 0 Å². The quantitative estimate of drug-likeness (QED) is 0.516. The topological polar surface area (TPSA) is 43.4 Å². The average molecular weight is 411 g/mol. The molecule has 0 fully saturated rings. The van der Waals surface area contributed by atoms with E-state index in [0.29, 0.717) is 42.0 Å². The minimum atomic E-state index is -0.269. The number of carbonyl (C=O) groups excluding carboxylic acids is 2. The summed E-state index contributed by atoms with van der Waals surface area (Å²) < 4.78 is 5.67. The molecule has 4 heteroatoms. The smallest absolute Gasteiger partial charge is 0.311 e. The summed E-state index contributed by atoms with van der Waals surface area (Å²) in [6.45, 7) is 7.99. The summed E-state index contributed by atoms with van der Waals surface area (Å²) in [5, 5.41) is 0.700. The second-order valence-corrected chi connectivity index (χ2v) is 8.57. The largest absolute Gasteiger partial charge is 0.430 e. The first-order chi connectivity index (χ1) is 13.8. The Bertz CT molecular complexity index is 968. The molecule has 0 spiro atoms. The third-order valence-electron chi connectivity index (χ3n) is 5.17. The molecule has 0 unspecified atom stereocenters. The van der Waals surface area contributed by atoms with E-state index in [4.69, 9.17) is 16.3 Å². The highest BCUT2D eigenvalue weighted by molar-refractivity contribution is 6.30. The van der Waals surface area contributed by atoms with Gasteiger partial charge in [0.05, 0.1) is 5.57 Å². The number of allylic oxidation sites excluding steroid dienone is 2. The summed E-state index contributed by atoms with van der Waals surface area (Å²) in [4.78, 5) is 25.0. The van der Waals surface area contributed by atoms with E-state index in [2.05, 4.69) is 6.07 Å². The number of Topliss-reactive ketones (excluding diaryl/α,β-unsaturated/α-hetero) is 1. The molecule has 0 bridgehead atoms. The number of benzene rings is 2. The van der Waals surface area contributed by atoms with E-state index >= 15 is 0 Å². The summed E-state index contributed by atoms with van der Waals surface area (Å²) >= 11 is 6.02. The van der Waals surface area contributed by atoms with Gasteiger partial charge in [-0.2, -0.15) is 0 Å². The maximum atomic E-state index is 12.8. The highest BCUT2D eigenvalue weighted by atomic mass is 35.5.